The van der Waals surface area contributed by atoms with Crippen molar-refractivity contribution in [1.82, 2.24) is 4.98 Å². The number of esters is 1. The number of aromatic nitrogens is 1. The maximum absolute atomic E-state index is 11.8. The lowest BCUT2D eigenvalue weighted by Crippen LogP contribution is -2.01. The zero-order chi connectivity index (χ0) is 16.4. The summed E-state index contributed by atoms with van der Waals surface area (Å²) in [4.78, 5) is 16.3. The minimum Gasteiger partial charge on any atom is -0.465 e. The van der Waals surface area contributed by atoms with Crippen molar-refractivity contribution < 1.29 is 9.53 Å². The molecule has 4 heteroatoms. The van der Waals surface area contributed by atoms with Gasteiger partial charge in [0.2, 0.25) is 0 Å². The Kier molecular flexibility index (Phi) is 5.58. The molecule has 0 saturated carbocycles. The molecule has 0 radical (unpaired) electrons. The lowest BCUT2D eigenvalue weighted by atomic mass is 9.93. The van der Waals surface area contributed by atoms with Crippen molar-refractivity contribution in [3.63, 3.8) is 0 Å². The number of carbonyl (C=O) groups is 1. The van der Waals surface area contributed by atoms with Gasteiger partial charge in [0, 0.05) is 17.1 Å². The van der Waals surface area contributed by atoms with E-state index in [1.54, 1.807) is 12.3 Å². The smallest absolute Gasteiger partial charge is 0.337 e. The standard InChI is InChI=1S/C20H19NO2.ClH/c1-13(2)17-11-15-8-5-9-21-19(15)18(12-17)14-6-4-7-16(10-14)20(22)23-3;/h4-13H,1-3H3;1H. The number of methoxy groups -OCH3 is 1. The number of carbonyl (C=O) groups excluding carboxylic acids is 1. The van der Waals surface area contributed by atoms with Gasteiger partial charge in [-0.1, -0.05) is 32.0 Å². The van der Waals surface area contributed by atoms with Crippen LogP contribution in [0.15, 0.2) is 54.7 Å². The molecule has 3 nitrogen and oxygen atoms in total. The highest BCUT2D eigenvalue weighted by Gasteiger charge is 2.12. The van der Waals surface area contributed by atoms with Crippen LogP contribution in [0, 0.1) is 0 Å². The highest BCUT2D eigenvalue weighted by molar-refractivity contribution is 5.96. The molecule has 3 aromatic rings. The Labute approximate surface area is 148 Å². The van der Waals surface area contributed by atoms with E-state index in [4.69, 9.17) is 4.74 Å². The van der Waals surface area contributed by atoms with Gasteiger partial charge in [0.05, 0.1) is 18.2 Å². The van der Waals surface area contributed by atoms with E-state index in [1.807, 2.05) is 24.3 Å². The van der Waals surface area contributed by atoms with E-state index in [-0.39, 0.29) is 18.4 Å². The number of fused-ring (bicyclic) bond motifs is 1. The summed E-state index contributed by atoms with van der Waals surface area (Å²) >= 11 is 0. The number of pyridine rings is 1. The molecule has 0 saturated heterocycles. The van der Waals surface area contributed by atoms with Crippen LogP contribution in [0.3, 0.4) is 0 Å². The lowest BCUT2D eigenvalue weighted by molar-refractivity contribution is 0.0601. The fourth-order valence-corrected chi connectivity index (χ4v) is 2.70. The third-order valence-electron chi connectivity index (χ3n) is 3.99. The van der Waals surface area contributed by atoms with Crippen molar-refractivity contribution in [2.45, 2.75) is 19.8 Å². The molecule has 2 aromatic carbocycles. The molecule has 0 fully saturated rings. The van der Waals surface area contributed by atoms with Gasteiger partial charge >= 0.3 is 5.97 Å². The summed E-state index contributed by atoms with van der Waals surface area (Å²) in [7, 11) is 1.39. The average molecular weight is 342 g/mol. The van der Waals surface area contributed by atoms with Crippen LogP contribution in [0.1, 0.15) is 35.7 Å². The maximum Gasteiger partial charge on any atom is 0.337 e. The molecule has 0 amide bonds. The number of rotatable bonds is 3. The van der Waals surface area contributed by atoms with E-state index in [9.17, 15) is 4.79 Å². The second-order valence-corrected chi connectivity index (χ2v) is 5.87. The van der Waals surface area contributed by atoms with Crippen molar-refractivity contribution in [1.29, 1.82) is 0 Å². The molecule has 0 N–H and O–H groups in total. The second-order valence-electron chi connectivity index (χ2n) is 5.87. The van der Waals surface area contributed by atoms with Crippen LogP contribution in [0.5, 0.6) is 0 Å². The first kappa shape index (κ1) is 18.0. The van der Waals surface area contributed by atoms with Gasteiger partial charge in [-0.2, -0.15) is 0 Å². The third kappa shape index (κ3) is 3.41. The van der Waals surface area contributed by atoms with Crippen LogP contribution in [0.2, 0.25) is 0 Å². The first-order chi connectivity index (χ1) is 11.1. The monoisotopic (exact) mass is 341 g/mol. The third-order valence-corrected chi connectivity index (χ3v) is 3.99. The van der Waals surface area contributed by atoms with E-state index >= 15 is 0 Å². The van der Waals surface area contributed by atoms with Crippen LogP contribution in [0.25, 0.3) is 22.0 Å². The Morgan fingerprint density at radius 1 is 1.08 bits per heavy atom. The molecule has 0 bridgehead atoms. The number of hydrogen-bond donors (Lipinski definition) is 0. The largest absolute Gasteiger partial charge is 0.465 e. The summed E-state index contributed by atoms with van der Waals surface area (Å²) in [6.07, 6.45) is 1.80. The number of halogens is 1. The Balaban J connectivity index is 0.00000208. The van der Waals surface area contributed by atoms with E-state index < -0.39 is 0 Å². The Morgan fingerprint density at radius 2 is 1.88 bits per heavy atom. The summed E-state index contributed by atoms with van der Waals surface area (Å²) in [6, 6.07) is 15.9. The molecule has 24 heavy (non-hydrogen) atoms. The molecular formula is C20H20ClNO2. The molecule has 0 aliphatic heterocycles. The van der Waals surface area contributed by atoms with Crippen LogP contribution in [-0.2, 0) is 4.74 Å². The number of nitrogens with zero attached hydrogens (tertiary/aromatic N) is 1. The Bertz CT molecular complexity index is 874. The van der Waals surface area contributed by atoms with Crippen molar-refractivity contribution in [3.05, 3.63) is 65.9 Å². The highest BCUT2D eigenvalue weighted by Crippen LogP contribution is 2.31. The zero-order valence-corrected chi connectivity index (χ0v) is 14.8. The molecule has 0 atom stereocenters. The van der Waals surface area contributed by atoms with Crippen LogP contribution < -0.4 is 0 Å². The van der Waals surface area contributed by atoms with Crippen molar-refractivity contribution in [2.24, 2.45) is 0 Å². The average Bonchev–Trinajstić information content (AvgIpc) is 2.60. The van der Waals surface area contributed by atoms with Crippen molar-refractivity contribution in [2.75, 3.05) is 7.11 Å². The van der Waals surface area contributed by atoms with Gasteiger partial charge in [-0.25, -0.2) is 4.79 Å². The predicted molar refractivity (Wildman–Crippen MR) is 99.9 cm³/mol. The molecule has 1 aromatic heterocycles. The van der Waals surface area contributed by atoms with E-state index in [0.29, 0.717) is 11.5 Å². The molecule has 0 aliphatic carbocycles. The molecule has 1 heterocycles. The van der Waals surface area contributed by atoms with E-state index in [2.05, 4.69) is 37.0 Å². The van der Waals surface area contributed by atoms with Gasteiger partial charge in [0.1, 0.15) is 0 Å². The second kappa shape index (κ2) is 7.45. The van der Waals surface area contributed by atoms with Gasteiger partial charge in [0.15, 0.2) is 0 Å². The quantitative estimate of drug-likeness (QED) is 0.612. The topological polar surface area (TPSA) is 39.2 Å². The summed E-state index contributed by atoms with van der Waals surface area (Å²) < 4.78 is 4.82. The summed E-state index contributed by atoms with van der Waals surface area (Å²) in [6.45, 7) is 4.35. The van der Waals surface area contributed by atoms with Crippen LogP contribution in [-0.4, -0.2) is 18.1 Å². The van der Waals surface area contributed by atoms with E-state index in [0.717, 1.165) is 22.0 Å². The first-order valence-electron chi connectivity index (χ1n) is 7.67. The summed E-state index contributed by atoms with van der Waals surface area (Å²) in [5.41, 5.74) is 4.75. The lowest BCUT2D eigenvalue weighted by Gasteiger charge is -2.13. The van der Waals surface area contributed by atoms with Crippen LogP contribution >= 0.6 is 12.4 Å². The van der Waals surface area contributed by atoms with Gasteiger partial charge in [0.25, 0.3) is 0 Å². The number of hydrogen-bond acceptors (Lipinski definition) is 3. The normalized spacial score (nSPS) is 10.5. The number of benzene rings is 2. The van der Waals surface area contributed by atoms with Crippen molar-refractivity contribution in [3.8, 4) is 11.1 Å². The Morgan fingerprint density at radius 3 is 2.58 bits per heavy atom. The van der Waals surface area contributed by atoms with Crippen molar-refractivity contribution >= 4 is 29.3 Å². The molecular weight excluding hydrogens is 322 g/mol. The fourth-order valence-electron chi connectivity index (χ4n) is 2.70. The molecule has 0 unspecified atom stereocenters. The Hall–Kier alpha value is -2.39. The molecule has 3 rings (SSSR count). The van der Waals surface area contributed by atoms with E-state index in [1.165, 1.54) is 12.7 Å². The minimum absolute atomic E-state index is 0. The molecule has 124 valence electrons. The molecule has 0 aliphatic rings. The summed E-state index contributed by atoms with van der Waals surface area (Å²) in [5.74, 6) is 0.0891. The molecule has 0 spiro atoms. The van der Waals surface area contributed by atoms with Gasteiger partial charge in [-0.05, 0) is 47.4 Å². The van der Waals surface area contributed by atoms with Gasteiger partial charge < -0.3 is 4.74 Å². The minimum atomic E-state index is -0.330. The summed E-state index contributed by atoms with van der Waals surface area (Å²) in [5, 5.41) is 1.11. The van der Waals surface area contributed by atoms with Gasteiger partial charge in [-0.15, -0.1) is 12.4 Å². The predicted octanol–water partition coefficient (Wildman–Crippen LogP) is 5.23. The zero-order valence-electron chi connectivity index (χ0n) is 13.9. The maximum atomic E-state index is 11.8. The first-order valence-corrected chi connectivity index (χ1v) is 7.67. The van der Waals surface area contributed by atoms with Gasteiger partial charge in [-0.3, -0.25) is 4.98 Å². The fraction of sp³-hybridized carbons (Fsp3) is 0.200. The van der Waals surface area contributed by atoms with Crippen LogP contribution in [0.4, 0.5) is 0 Å². The number of ether oxygens (including phenoxy) is 1. The SMILES string of the molecule is COC(=O)c1cccc(-c2cc(C(C)C)cc3cccnc23)c1.Cl. The highest BCUT2D eigenvalue weighted by atomic mass is 35.5.